The molecule has 0 saturated carbocycles. The second-order valence-corrected chi connectivity index (χ2v) is 14.7. The Bertz CT molecular complexity index is 1950. The molecule has 1 fully saturated rings. The minimum absolute atomic E-state index is 0.0177. The molecule has 4 N–H and O–H groups in total. The Morgan fingerprint density at radius 3 is 2.23 bits per heavy atom. The molecule has 0 aliphatic carbocycles. The summed E-state index contributed by atoms with van der Waals surface area (Å²) >= 11 is 6.11. The molecule has 306 valence electrons. The van der Waals surface area contributed by atoms with E-state index in [1.807, 2.05) is 0 Å². The highest BCUT2D eigenvalue weighted by molar-refractivity contribution is 7.89. The van der Waals surface area contributed by atoms with Gasteiger partial charge >= 0.3 is 24.0 Å². The molecule has 56 heavy (non-hydrogen) atoms. The lowest BCUT2D eigenvalue weighted by atomic mass is 9.94. The molecule has 4 rings (SSSR count). The quantitative estimate of drug-likeness (QED) is 0.0657. The number of amides is 1. The summed E-state index contributed by atoms with van der Waals surface area (Å²) < 4.78 is 82.7. The van der Waals surface area contributed by atoms with Crippen molar-refractivity contribution in [3.8, 4) is 0 Å². The number of nitrogens with two attached hydrogens (primary N) is 1. The van der Waals surface area contributed by atoms with E-state index >= 15 is 0 Å². The highest BCUT2D eigenvalue weighted by Gasteiger charge is 2.49. The average molecular weight is 830 g/mol. The molecule has 1 aromatic heterocycles. The number of esters is 3. The number of rotatable bonds is 18. The predicted octanol–water partition coefficient (Wildman–Crippen LogP) is 5.10. The number of benzene rings is 2. The van der Waals surface area contributed by atoms with E-state index in [0.29, 0.717) is 37.5 Å². The Hall–Kier alpha value is -4.82. The number of furan rings is 1. The molecule has 0 unspecified atom stereocenters. The first-order valence-electron chi connectivity index (χ1n) is 17.4. The third-order valence-corrected chi connectivity index (χ3v) is 9.97. The molecule has 1 amide bonds. The van der Waals surface area contributed by atoms with Crippen LogP contribution in [-0.2, 0) is 55.6 Å². The summed E-state index contributed by atoms with van der Waals surface area (Å²) in [5.74, 6) is -5.90. The lowest BCUT2D eigenvalue weighted by Gasteiger charge is -2.47. The maximum absolute atomic E-state index is 13.8. The van der Waals surface area contributed by atoms with E-state index in [-0.39, 0.29) is 61.0 Å². The molecule has 1 aliphatic heterocycles. The van der Waals surface area contributed by atoms with Crippen molar-refractivity contribution in [1.29, 1.82) is 0 Å². The van der Waals surface area contributed by atoms with E-state index in [4.69, 9.17) is 44.8 Å². The van der Waals surface area contributed by atoms with Crippen LogP contribution in [0.3, 0.4) is 0 Å². The van der Waals surface area contributed by atoms with Crippen molar-refractivity contribution >= 4 is 51.3 Å². The highest BCUT2D eigenvalue weighted by atomic mass is 35.5. The van der Waals surface area contributed by atoms with Crippen LogP contribution < -0.4 is 10.5 Å². The zero-order chi connectivity index (χ0) is 41.0. The van der Waals surface area contributed by atoms with Gasteiger partial charge in [0.25, 0.3) is 0 Å². The molecule has 0 spiro atoms. The average Bonchev–Trinajstić information content (AvgIpc) is 3.65. The summed E-state index contributed by atoms with van der Waals surface area (Å²) in [7, 11) is -4.23. The van der Waals surface area contributed by atoms with Crippen molar-refractivity contribution in [2.45, 2.75) is 81.7 Å². The van der Waals surface area contributed by atoms with Crippen molar-refractivity contribution < 1.29 is 69.6 Å². The number of hydrogen-bond donors (Lipinski definition) is 3. The highest BCUT2D eigenvalue weighted by Crippen LogP contribution is 2.36. The van der Waals surface area contributed by atoms with Crippen LogP contribution in [0.1, 0.15) is 74.1 Å². The lowest BCUT2D eigenvalue weighted by molar-refractivity contribution is -0.280. The first kappa shape index (κ1) is 43.9. The van der Waals surface area contributed by atoms with Gasteiger partial charge in [-0.3, -0.25) is 14.5 Å². The monoisotopic (exact) mass is 829 g/mol. The molecule has 3 atom stereocenters. The van der Waals surface area contributed by atoms with Crippen LogP contribution in [0, 0.1) is 11.6 Å². The van der Waals surface area contributed by atoms with E-state index in [9.17, 15) is 41.5 Å². The lowest BCUT2D eigenvalue weighted by Crippen LogP contribution is -2.62. The number of halogens is 3. The maximum atomic E-state index is 13.8. The van der Waals surface area contributed by atoms with Gasteiger partial charge in [0.05, 0.1) is 73.8 Å². The summed E-state index contributed by atoms with van der Waals surface area (Å²) in [6.07, 6.45) is 1.99. The minimum Gasteiger partial charge on any atom is -0.467 e. The van der Waals surface area contributed by atoms with Gasteiger partial charge < -0.3 is 38.5 Å². The van der Waals surface area contributed by atoms with E-state index < -0.39 is 75.2 Å². The van der Waals surface area contributed by atoms with Gasteiger partial charge in [-0.1, -0.05) is 11.6 Å². The summed E-state index contributed by atoms with van der Waals surface area (Å²) in [5.41, 5.74) is -0.110. The molecular formula is C36H42ClF2N3O13S. The van der Waals surface area contributed by atoms with Crippen LogP contribution in [0.2, 0.25) is 5.02 Å². The second-order valence-electron chi connectivity index (χ2n) is 12.7. The molecule has 0 bridgehead atoms. The fraction of sp³-hybridized carbons (Fsp3) is 0.444. The third kappa shape index (κ3) is 12.1. The standard InChI is InChI=1S/C36H42ClF2N3O13S/c1-22-20-55-36(47,24-14-25(38)16-26(39)15-24)23(2)42(22)35(46)54-21-53-33(44)10-9-32(43)51-11-5-3-4-6-12-52-34(45)28-17-31(56(40,48)49)29(37)18-30(28)41-19-27-8-7-13-50-27/h7-8,13-18,22-23,41,47H,3-6,9-12,19-21H2,1-2H3,(H2,40,48,49)/t22-,23+,36-/m1/s1. The molecule has 1 saturated heterocycles. The molecular weight excluding hydrogens is 788 g/mol. The van der Waals surface area contributed by atoms with Crippen molar-refractivity contribution in [2.75, 3.05) is 31.9 Å². The van der Waals surface area contributed by atoms with Crippen LogP contribution in [0.4, 0.5) is 19.3 Å². The Kier molecular flexibility index (Phi) is 15.6. The van der Waals surface area contributed by atoms with Crippen molar-refractivity contribution in [3.63, 3.8) is 0 Å². The van der Waals surface area contributed by atoms with Gasteiger partial charge in [0.15, 0.2) is 0 Å². The van der Waals surface area contributed by atoms with E-state index in [1.54, 1.807) is 19.1 Å². The smallest absolute Gasteiger partial charge is 0.413 e. The van der Waals surface area contributed by atoms with Gasteiger partial charge in [-0.15, -0.1) is 0 Å². The fourth-order valence-corrected chi connectivity index (χ4v) is 6.78. The van der Waals surface area contributed by atoms with Gasteiger partial charge in [0.1, 0.15) is 22.3 Å². The van der Waals surface area contributed by atoms with Crippen LogP contribution in [0.25, 0.3) is 0 Å². The molecule has 0 radical (unpaired) electrons. The Labute approximate surface area is 326 Å². The first-order chi connectivity index (χ1) is 26.5. The summed E-state index contributed by atoms with van der Waals surface area (Å²) in [5, 5.41) is 19.2. The van der Waals surface area contributed by atoms with Crippen LogP contribution in [0.15, 0.2) is 58.0 Å². The SMILES string of the molecule is C[C@@H]1CO[C@@](O)(c2cc(F)cc(F)c2)[C@H](C)N1C(=O)OCOC(=O)CCC(=O)OCCCCCCOC(=O)c1cc(S(N)(=O)=O)c(Cl)cc1NCc1ccco1. The molecule has 2 heterocycles. The van der Waals surface area contributed by atoms with Gasteiger partial charge in [-0.2, -0.15) is 0 Å². The predicted molar refractivity (Wildman–Crippen MR) is 192 cm³/mol. The number of nitrogens with one attached hydrogen (secondary N) is 1. The van der Waals surface area contributed by atoms with Crippen molar-refractivity contribution in [2.24, 2.45) is 5.14 Å². The van der Waals surface area contributed by atoms with Gasteiger partial charge in [0, 0.05) is 11.6 Å². The molecule has 20 heteroatoms. The Morgan fingerprint density at radius 2 is 1.61 bits per heavy atom. The number of aliphatic hydroxyl groups is 1. The zero-order valence-electron chi connectivity index (χ0n) is 30.5. The minimum atomic E-state index is -4.23. The second kappa shape index (κ2) is 19.9. The zero-order valence-corrected chi connectivity index (χ0v) is 32.0. The number of anilines is 1. The van der Waals surface area contributed by atoms with Crippen molar-refractivity contribution in [3.05, 3.63) is 82.3 Å². The number of carbonyl (C=O) groups excluding carboxylic acids is 4. The van der Waals surface area contributed by atoms with Gasteiger partial charge in [0.2, 0.25) is 22.6 Å². The van der Waals surface area contributed by atoms with E-state index in [2.05, 4.69) is 5.32 Å². The normalized spacial score (nSPS) is 18.2. The van der Waals surface area contributed by atoms with Gasteiger partial charge in [-0.05, 0) is 75.9 Å². The number of carbonyl (C=O) groups is 4. The number of primary sulfonamides is 1. The largest absolute Gasteiger partial charge is 0.467 e. The first-order valence-corrected chi connectivity index (χ1v) is 19.3. The number of hydrogen-bond acceptors (Lipinski definition) is 14. The maximum Gasteiger partial charge on any atom is 0.413 e. The Balaban J connectivity index is 1.10. The molecule has 3 aromatic rings. The van der Waals surface area contributed by atoms with Crippen LogP contribution >= 0.6 is 11.6 Å². The fourth-order valence-electron chi connectivity index (χ4n) is 5.68. The summed E-state index contributed by atoms with van der Waals surface area (Å²) in [6, 6.07) is 6.32. The number of sulfonamides is 1. The number of nitrogens with zero attached hydrogens (tertiary/aromatic N) is 1. The number of unbranched alkanes of at least 4 members (excludes halogenated alkanes) is 3. The van der Waals surface area contributed by atoms with E-state index in [1.165, 1.54) is 19.3 Å². The Morgan fingerprint density at radius 1 is 0.964 bits per heavy atom. The number of ether oxygens (including phenoxy) is 5. The van der Waals surface area contributed by atoms with Crippen molar-refractivity contribution in [1.82, 2.24) is 4.90 Å². The summed E-state index contributed by atoms with van der Waals surface area (Å²) in [4.78, 5) is 50.6. The third-order valence-electron chi connectivity index (χ3n) is 8.59. The summed E-state index contributed by atoms with van der Waals surface area (Å²) in [6.45, 7) is 2.27. The molecule has 1 aliphatic rings. The molecule has 2 aromatic carbocycles. The van der Waals surface area contributed by atoms with Gasteiger partial charge in [-0.25, -0.2) is 31.9 Å². The number of morpholine rings is 1. The van der Waals surface area contributed by atoms with E-state index in [0.717, 1.165) is 23.1 Å². The van der Waals surface area contributed by atoms with Crippen LogP contribution in [-0.4, -0.2) is 81.1 Å². The molecule has 16 nitrogen and oxygen atoms in total. The van der Waals surface area contributed by atoms with Crippen LogP contribution in [0.5, 0.6) is 0 Å². The topological polar surface area (TPSA) is 223 Å².